The Hall–Kier alpha value is -3.79. The normalized spacial score (nSPS) is 10.2. The molecule has 2 aromatic carbocycles. The van der Waals surface area contributed by atoms with E-state index in [9.17, 15) is 14.0 Å². The summed E-state index contributed by atoms with van der Waals surface area (Å²) in [4.78, 5) is 24.1. The van der Waals surface area contributed by atoms with E-state index in [0.29, 0.717) is 22.4 Å². The Morgan fingerprint density at radius 2 is 1.93 bits per heavy atom. The molecule has 0 fully saturated rings. The van der Waals surface area contributed by atoms with Gasteiger partial charge in [-0.05, 0) is 48.5 Å². The van der Waals surface area contributed by atoms with Gasteiger partial charge in [0, 0.05) is 23.7 Å². The number of rotatable bonds is 5. The molecule has 0 radical (unpaired) electrons. The third kappa shape index (κ3) is 4.44. The zero-order valence-corrected chi connectivity index (χ0v) is 14.2. The van der Waals surface area contributed by atoms with Crippen LogP contribution in [0.3, 0.4) is 0 Å². The largest absolute Gasteiger partial charge is 0.350 e. The van der Waals surface area contributed by atoms with E-state index in [1.165, 1.54) is 28.9 Å². The van der Waals surface area contributed by atoms with Gasteiger partial charge in [0.25, 0.3) is 11.5 Å². The first-order valence-corrected chi connectivity index (χ1v) is 8.19. The van der Waals surface area contributed by atoms with E-state index in [0.717, 1.165) is 0 Å². The summed E-state index contributed by atoms with van der Waals surface area (Å²) in [6.07, 6.45) is 0. The lowest BCUT2D eigenvalue weighted by atomic mass is 10.1. The lowest BCUT2D eigenvalue weighted by molar-refractivity contribution is 0.0951. The molecule has 134 valence electrons. The van der Waals surface area contributed by atoms with Crippen LogP contribution in [0.4, 0.5) is 4.39 Å². The van der Waals surface area contributed by atoms with Gasteiger partial charge in [-0.3, -0.25) is 9.59 Å². The number of carbonyl (C=O) groups is 1. The monoisotopic (exact) mass is 362 g/mol. The van der Waals surface area contributed by atoms with E-state index in [-0.39, 0.29) is 30.4 Å². The minimum Gasteiger partial charge on any atom is -0.350 e. The van der Waals surface area contributed by atoms with E-state index in [1.807, 2.05) is 6.07 Å². The number of benzene rings is 2. The molecule has 1 heterocycles. The Morgan fingerprint density at radius 3 is 2.67 bits per heavy atom. The molecule has 1 N–H and O–H groups in total. The molecule has 0 spiro atoms. The Kier molecular flexibility index (Phi) is 5.38. The van der Waals surface area contributed by atoms with Crippen LogP contribution < -0.4 is 10.9 Å². The van der Waals surface area contributed by atoms with Crippen LogP contribution in [0.15, 0.2) is 65.5 Å². The second-order valence-electron chi connectivity index (χ2n) is 5.74. The topological polar surface area (TPSA) is 87.8 Å². The molecule has 3 aromatic rings. The van der Waals surface area contributed by atoms with Gasteiger partial charge < -0.3 is 5.32 Å². The van der Waals surface area contributed by atoms with Gasteiger partial charge in [0.15, 0.2) is 0 Å². The van der Waals surface area contributed by atoms with Crippen molar-refractivity contribution in [3.63, 3.8) is 0 Å². The summed E-state index contributed by atoms with van der Waals surface area (Å²) in [5, 5.41) is 15.8. The highest BCUT2D eigenvalue weighted by Crippen LogP contribution is 2.15. The number of amides is 1. The predicted molar refractivity (Wildman–Crippen MR) is 97.4 cm³/mol. The fourth-order valence-corrected chi connectivity index (χ4v) is 2.49. The van der Waals surface area contributed by atoms with Gasteiger partial charge in [0.05, 0.1) is 23.9 Å². The zero-order chi connectivity index (χ0) is 19.2. The quantitative estimate of drug-likeness (QED) is 0.755. The smallest absolute Gasteiger partial charge is 0.266 e. The molecule has 27 heavy (non-hydrogen) atoms. The van der Waals surface area contributed by atoms with Crippen molar-refractivity contribution in [2.75, 3.05) is 6.54 Å². The number of halogens is 1. The molecular weight excluding hydrogens is 347 g/mol. The van der Waals surface area contributed by atoms with Gasteiger partial charge in [-0.1, -0.05) is 6.07 Å². The molecule has 0 atom stereocenters. The average Bonchev–Trinajstić information content (AvgIpc) is 2.70. The minimum absolute atomic E-state index is 0.178. The van der Waals surface area contributed by atoms with Crippen LogP contribution >= 0.6 is 0 Å². The summed E-state index contributed by atoms with van der Waals surface area (Å²) in [5.74, 6) is -0.690. The number of hydrogen-bond acceptors (Lipinski definition) is 4. The van der Waals surface area contributed by atoms with Gasteiger partial charge in [0.2, 0.25) is 0 Å². The fraction of sp³-hybridized carbons (Fsp3) is 0.100. The lowest BCUT2D eigenvalue weighted by Crippen LogP contribution is -2.32. The van der Waals surface area contributed by atoms with Crippen LogP contribution in [0, 0.1) is 17.1 Å². The van der Waals surface area contributed by atoms with Crippen molar-refractivity contribution in [2.24, 2.45) is 0 Å². The maximum Gasteiger partial charge on any atom is 0.266 e. The second-order valence-corrected chi connectivity index (χ2v) is 5.74. The van der Waals surface area contributed by atoms with Gasteiger partial charge in [-0.25, -0.2) is 9.07 Å². The van der Waals surface area contributed by atoms with Crippen molar-refractivity contribution in [2.45, 2.75) is 6.54 Å². The van der Waals surface area contributed by atoms with Crippen molar-refractivity contribution in [1.29, 1.82) is 5.26 Å². The standard InChI is InChI=1S/C20H15FN4O2/c21-17-6-4-15(5-7-17)18-8-9-19(26)25(24-18)11-10-23-20(27)16-3-1-2-14(12-16)13-22/h1-9,12H,10-11H2,(H,23,27). The molecule has 1 aromatic heterocycles. The number of nitrogens with zero attached hydrogens (tertiary/aromatic N) is 3. The van der Waals surface area contributed by atoms with Gasteiger partial charge in [-0.2, -0.15) is 10.4 Å². The SMILES string of the molecule is N#Cc1cccc(C(=O)NCCn2nc(-c3ccc(F)cc3)ccc2=O)c1. The van der Waals surface area contributed by atoms with Crippen LogP contribution in [0.5, 0.6) is 0 Å². The number of nitriles is 1. The summed E-state index contributed by atoms with van der Waals surface area (Å²) < 4.78 is 14.3. The molecule has 0 saturated carbocycles. The maximum atomic E-state index is 13.0. The molecule has 0 aliphatic heterocycles. The van der Waals surface area contributed by atoms with Gasteiger partial charge >= 0.3 is 0 Å². The Labute approximate surface area is 154 Å². The van der Waals surface area contributed by atoms with E-state index in [2.05, 4.69) is 10.4 Å². The van der Waals surface area contributed by atoms with E-state index in [1.54, 1.807) is 36.4 Å². The molecule has 6 nitrogen and oxygen atoms in total. The number of carbonyl (C=O) groups excluding carboxylic acids is 1. The zero-order valence-electron chi connectivity index (χ0n) is 14.2. The number of aromatic nitrogens is 2. The van der Waals surface area contributed by atoms with Crippen LogP contribution in [0.1, 0.15) is 15.9 Å². The van der Waals surface area contributed by atoms with Crippen molar-refractivity contribution in [3.8, 4) is 17.3 Å². The van der Waals surface area contributed by atoms with Crippen LogP contribution in [0.25, 0.3) is 11.3 Å². The highest BCUT2D eigenvalue weighted by molar-refractivity contribution is 5.94. The summed E-state index contributed by atoms with van der Waals surface area (Å²) in [5.41, 5.74) is 1.67. The first-order valence-electron chi connectivity index (χ1n) is 8.19. The molecule has 1 amide bonds. The highest BCUT2D eigenvalue weighted by Gasteiger charge is 2.07. The van der Waals surface area contributed by atoms with Gasteiger partial charge in [-0.15, -0.1) is 0 Å². The molecular formula is C20H15FN4O2. The molecule has 0 bridgehead atoms. The van der Waals surface area contributed by atoms with E-state index < -0.39 is 0 Å². The summed E-state index contributed by atoms with van der Waals surface area (Å²) in [6.45, 7) is 0.368. The third-order valence-corrected chi connectivity index (χ3v) is 3.87. The van der Waals surface area contributed by atoms with Crippen molar-refractivity contribution < 1.29 is 9.18 Å². The Morgan fingerprint density at radius 1 is 1.15 bits per heavy atom. The van der Waals surface area contributed by atoms with Gasteiger partial charge in [0.1, 0.15) is 5.82 Å². The second kappa shape index (κ2) is 8.06. The molecule has 0 saturated heterocycles. The predicted octanol–water partition coefficient (Wildman–Crippen LogP) is 2.35. The Balaban J connectivity index is 1.68. The Bertz CT molecular complexity index is 1070. The summed E-state index contributed by atoms with van der Waals surface area (Å²) >= 11 is 0. The van der Waals surface area contributed by atoms with E-state index in [4.69, 9.17) is 5.26 Å². The third-order valence-electron chi connectivity index (χ3n) is 3.87. The minimum atomic E-state index is -0.352. The summed E-state index contributed by atoms with van der Waals surface area (Å²) in [7, 11) is 0. The van der Waals surface area contributed by atoms with Crippen molar-refractivity contribution in [1.82, 2.24) is 15.1 Å². The number of nitrogens with one attached hydrogen (secondary N) is 1. The van der Waals surface area contributed by atoms with E-state index >= 15 is 0 Å². The van der Waals surface area contributed by atoms with Crippen LogP contribution in [-0.4, -0.2) is 22.2 Å². The van der Waals surface area contributed by atoms with Crippen molar-refractivity contribution in [3.05, 3.63) is 88.0 Å². The number of hydrogen-bond donors (Lipinski definition) is 1. The highest BCUT2D eigenvalue weighted by atomic mass is 19.1. The molecule has 3 rings (SSSR count). The first-order chi connectivity index (χ1) is 13.1. The average molecular weight is 362 g/mol. The van der Waals surface area contributed by atoms with Crippen LogP contribution in [0.2, 0.25) is 0 Å². The fourth-order valence-electron chi connectivity index (χ4n) is 2.49. The summed E-state index contributed by atoms with van der Waals surface area (Å²) in [6, 6.07) is 17.1. The first kappa shape index (κ1) is 18.0. The van der Waals surface area contributed by atoms with Crippen LogP contribution in [-0.2, 0) is 6.54 Å². The molecule has 0 aliphatic carbocycles. The molecule has 7 heteroatoms. The molecule has 0 aliphatic rings. The van der Waals surface area contributed by atoms with Crippen molar-refractivity contribution >= 4 is 5.91 Å². The lowest BCUT2D eigenvalue weighted by Gasteiger charge is -2.09. The molecule has 0 unspecified atom stereocenters. The maximum absolute atomic E-state index is 13.0.